The van der Waals surface area contributed by atoms with Crippen molar-refractivity contribution in [1.82, 2.24) is 14.9 Å². The molecule has 0 unspecified atom stereocenters. The predicted molar refractivity (Wildman–Crippen MR) is 94.5 cm³/mol. The van der Waals surface area contributed by atoms with Gasteiger partial charge >= 0.3 is 0 Å². The number of anilines is 1. The number of aromatic nitrogens is 2. The zero-order chi connectivity index (χ0) is 17.8. The molecule has 25 heavy (non-hydrogen) atoms. The standard InChI is InChI=1S/C17H18ClN5O2/c18-13-4-2-1-3-12(13)9-16(24)23-7-5-22(6-8-23)15-11-20-14(10-21-15)17(19)25/h1-4,10-11H,5-9H2,(H2,19,25). The highest BCUT2D eigenvalue weighted by Gasteiger charge is 2.22. The lowest BCUT2D eigenvalue weighted by Gasteiger charge is -2.35. The average molecular weight is 360 g/mol. The van der Waals surface area contributed by atoms with Crippen LogP contribution in [0.15, 0.2) is 36.7 Å². The summed E-state index contributed by atoms with van der Waals surface area (Å²) in [6, 6.07) is 7.38. The summed E-state index contributed by atoms with van der Waals surface area (Å²) in [4.78, 5) is 35.5. The third-order valence-corrected chi connectivity index (χ3v) is 4.52. The number of nitrogens with zero attached hydrogens (tertiary/aromatic N) is 4. The van der Waals surface area contributed by atoms with Gasteiger partial charge in [-0.25, -0.2) is 9.97 Å². The Morgan fingerprint density at radius 3 is 2.40 bits per heavy atom. The summed E-state index contributed by atoms with van der Waals surface area (Å²) in [6.07, 6.45) is 3.20. The van der Waals surface area contributed by atoms with E-state index in [0.717, 1.165) is 5.56 Å². The van der Waals surface area contributed by atoms with Crippen molar-refractivity contribution >= 4 is 29.2 Å². The van der Waals surface area contributed by atoms with Crippen LogP contribution >= 0.6 is 11.6 Å². The Labute approximate surface area is 150 Å². The average Bonchev–Trinajstić information content (AvgIpc) is 2.64. The SMILES string of the molecule is NC(=O)c1cnc(N2CCN(C(=O)Cc3ccccc3Cl)CC2)cn1. The van der Waals surface area contributed by atoms with Crippen molar-refractivity contribution < 1.29 is 9.59 Å². The number of amides is 2. The summed E-state index contributed by atoms with van der Waals surface area (Å²) in [7, 11) is 0. The maximum Gasteiger partial charge on any atom is 0.268 e. The van der Waals surface area contributed by atoms with E-state index in [1.165, 1.54) is 12.4 Å². The van der Waals surface area contributed by atoms with E-state index in [2.05, 4.69) is 9.97 Å². The highest BCUT2D eigenvalue weighted by molar-refractivity contribution is 6.31. The van der Waals surface area contributed by atoms with Gasteiger partial charge in [-0.05, 0) is 11.6 Å². The molecule has 0 spiro atoms. The van der Waals surface area contributed by atoms with Gasteiger partial charge in [0.05, 0.1) is 18.8 Å². The topological polar surface area (TPSA) is 92.4 Å². The molecule has 1 fully saturated rings. The Balaban J connectivity index is 1.57. The molecular formula is C17H18ClN5O2. The first kappa shape index (κ1) is 17.2. The van der Waals surface area contributed by atoms with Crippen molar-refractivity contribution in [1.29, 1.82) is 0 Å². The van der Waals surface area contributed by atoms with Gasteiger partial charge in [-0.3, -0.25) is 9.59 Å². The minimum atomic E-state index is -0.603. The number of primary amides is 1. The molecule has 2 N–H and O–H groups in total. The van der Waals surface area contributed by atoms with Gasteiger partial charge in [0.15, 0.2) is 0 Å². The fraction of sp³-hybridized carbons (Fsp3) is 0.294. The molecule has 0 bridgehead atoms. The van der Waals surface area contributed by atoms with Crippen molar-refractivity contribution in [2.24, 2.45) is 5.73 Å². The van der Waals surface area contributed by atoms with E-state index in [1.54, 1.807) is 6.07 Å². The number of carbonyl (C=O) groups excluding carboxylic acids is 2. The minimum absolute atomic E-state index is 0.0583. The molecule has 7 nitrogen and oxygen atoms in total. The second kappa shape index (κ2) is 7.48. The molecular weight excluding hydrogens is 342 g/mol. The Hall–Kier alpha value is -2.67. The van der Waals surface area contributed by atoms with Crippen LogP contribution in [0, 0.1) is 0 Å². The van der Waals surface area contributed by atoms with E-state index >= 15 is 0 Å². The van der Waals surface area contributed by atoms with Gasteiger partial charge in [0.1, 0.15) is 11.5 Å². The lowest BCUT2D eigenvalue weighted by atomic mass is 10.1. The summed E-state index contributed by atoms with van der Waals surface area (Å²) in [6.45, 7) is 2.50. The lowest BCUT2D eigenvalue weighted by molar-refractivity contribution is -0.130. The van der Waals surface area contributed by atoms with E-state index in [1.807, 2.05) is 28.0 Å². The fourth-order valence-corrected chi connectivity index (χ4v) is 2.92. The van der Waals surface area contributed by atoms with Gasteiger partial charge < -0.3 is 15.5 Å². The van der Waals surface area contributed by atoms with Crippen LogP contribution in [0.4, 0.5) is 5.82 Å². The Morgan fingerprint density at radius 1 is 1.08 bits per heavy atom. The number of rotatable bonds is 4. The fourth-order valence-electron chi connectivity index (χ4n) is 2.71. The molecule has 1 aromatic heterocycles. The second-order valence-electron chi connectivity index (χ2n) is 5.76. The molecule has 130 valence electrons. The summed E-state index contributed by atoms with van der Waals surface area (Å²) in [5, 5.41) is 0.610. The van der Waals surface area contributed by atoms with E-state index in [0.29, 0.717) is 43.4 Å². The molecule has 0 atom stereocenters. The first-order valence-electron chi connectivity index (χ1n) is 7.92. The summed E-state index contributed by atoms with van der Waals surface area (Å²) in [5.41, 5.74) is 6.13. The zero-order valence-corrected chi connectivity index (χ0v) is 14.3. The Bertz CT molecular complexity index is 773. The molecule has 1 aromatic carbocycles. The van der Waals surface area contributed by atoms with Crippen LogP contribution < -0.4 is 10.6 Å². The van der Waals surface area contributed by atoms with Crippen molar-refractivity contribution in [3.63, 3.8) is 0 Å². The maximum atomic E-state index is 12.5. The normalized spacial score (nSPS) is 14.4. The first-order chi connectivity index (χ1) is 12.0. The molecule has 0 aliphatic carbocycles. The first-order valence-corrected chi connectivity index (χ1v) is 8.30. The molecule has 2 aromatic rings. The van der Waals surface area contributed by atoms with E-state index in [-0.39, 0.29) is 11.6 Å². The van der Waals surface area contributed by atoms with Crippen molar-refractivity contribution in [3.05, 3.63) is 52.9 Å². The summed E-state index contributed by atoms with van der Waals surface area (Å²) >= 11 is 6.12. The Kier molecular flexibility index (Phi) is 5.14. The third-order valence-electron chi connectivity index (χ3n) is 4.15. The highest BCUT2D eigenvalue weighted by atomic mass is 35.5. The largest absolute Gasteiger partial charge is 0.364 e. The van der Waals surface area contributed by atoms with Gasteiger partial charge in [0, 0.05) is 31.2 Å². The van der Waals surface area contributed by atoms with Gasteiger partial charge in [-0.15, -0.1) is 0 Å². The molecule has 8 heteroatoms. The van der Waals surface area contributed by atoms with E-state index in [4.69, 9.17) is 17.3 Å². The van der Waals surface area contributed by atoms with E-state index in [9.17, 15) is 9.59 Å². The highest BCUT2D eigenvalue weighted by Crippen LogP contribution is 2.18. The van der Waals surface area contributed by atoms with Crippen molar-refractivity contribution in [3.8, 4) is 0 Å². The number of carbonyl (C=O) groups is 2. The summed E-state index contributed by atoms with van der Waals surface area (Å²) in [5.74, 6) is 0.125. The number of halogens is 1. The van der Waals surface area contributed by atoms with Gasteiger partial charge in [-0.1, -0.05) is 29.8 Å². The van der Waals surface area contributed by atoms with E-state index < -0.39 is 5.91 Å². The van der Waals surface area contributed by atoms with Gasteiger partial charge in [0.2, 0.25) is 5.91 Å². The van der Waals surface area contributed by atoms with Crippen LogP contribution in [0.1, 0.15) is 16.1 Å². The number of hydrogen-bond donors (Lipinski definition) is 1. The monoisotopic (exact) mass is 359 g/mol. The Morgan fingerprint density at radius 2 is 1.80 bits per heavy atom. The summed E-state index contributed by atoms with van der Waals surface area (Å²) < 4.78 is 0. The van der Waals surface area contributed by atoms with Gasteiger partial charge in [0.25, 0.3) is 5.91 Å². The number of hydrogen-bond acceptors (Lipinski definition) is 5. The zero-order valence-electron chi connectivity index (χ0n) is 13.6. The van der Waals surface area contributed by atoms with Crippen molar-refractivity contribution in [2.45, 2.75) is 6.42 Å². The van der Waals surface area contributed by atoms with Crippen LogP contribution in [0.25, 0.3) is 0 Å². The van der Waals surface area contributed by atoms with Crippen molar-refractivity contribution in [2.75, 3.05) is 31.1 Å². The molecule has 2 amide bonds. The molecule has 2 heterocycles. The molecule has 1 saturated heterocycles. The van der Waals surface area contributed by atoms with Crippen LogP contribution in [-0.2, 0) is 11.2 Å². The van der Waals surface area contributed by atoms with Crippen LogP contribution in [-0.4, -0.2) is 52.9 Å². The number of piperazine rings is 1. The molecule has 0 saturated carbocycles. The third kappa shape index (κ3) is 4.06. The quantitative estimate of drug-likeness (QED) is 0.883. The molecule has 3 rings (SSSR count). The molecule has 1 aliphatic heterocycles. The number of benzene rings is 1. The maximum absolute atomic E-state index is 12.5. The number of nitrogens with two attached hydrogens (primary N) is 1. The lowest BCUT2D eigenvalue weighted by Crippen LogP contribution is -2.49. The molecule has 1 aliphatic rings. The predicted octanol–water partition coefficient (Wildman–Crippen LogP) is 1.12. The van der Waals surface area contributed by atoms with Gasteiger partial charge in [-0.2, -0.15) is 0 Å². The van der Waals surface area contributed by atoms with Crippen LogP contribution in [0.2, 0.25) is 5.02 Å². The van der Waals surface area contributed by atoms with Crippen LogP contribution in [0.3, 0.4) is 0 Å². The van der Waals surface area contributed by atoms with Crippen LogP contribution in [0.5, 0.6) is 0 Å². The molecule has 0 radical (unpaired) electrons. The minimum Gasteiger partial charge on any atom is -0.364 e. The smallest absolute Gasteiger partial charge is 0.268 e. The second-order valence-corrected chi connectivity index (χ2v) is 6.17.